The van der Waals surface area contributed by atoms with Crippen molar-refractivity contribution in [3.63, 3.8) is 0 Å². The lowest BCUT2D eigenvalue weighted by atomic mass is 10.2. The summed E-state index contributed by atoms with van der Waals surface area (Å²) in [6, 6.07) is 9.77. The number of benzene rings is 1. The summed E-state index contributed by atoms with van der Waals surface area (Å²) in [7, 11) is 0. The molecule has 15 heavy (non-hydrogen) atoms. The van der Waals surface area contributed by atoms with Crippen LogP contribution in [-0.2, 0) is 4.79 Å². The predicted octanol–water partition coefficient (Wildman–Crippen LogP) is 1.44. The summed E-state index contributed by atoms with van der Waals surface area (Å²) in [6.07, 6.45) is 0. The number of thioether (sulfide) groups is 1. The van der Waals surface area contributed by atoms with Gasteiger partial charge in [-0.2, -0.15) is 0 Å². The Morgan fingerprint density at radius 3 is 2.73 bits per heavy atom. The van der Waals surface area contributed by atoms with E-state index in [4.69, 9.17) is 5.73 Å². The SMILES string of the molecule is CC1SCC(C(N)=O)N1c1ccccc1. The molecule has 1 aliphatic rings. The lowest BCUT2D eigenvalue weighted by Gasteiger charge is -2.27. The minimum Gasteiger partial charge on any atom is -0.368 e. The van der Waals surface area contributed by atoms with Crippen molar-refractivity contribution in [2.45, 2.75) is 18.3 Å². The topological polar surface area (TPSA) is 46.3 Å². The minimum absolute atomic E-state index is 0.174. The summed E-state index contributed by atoms with van der Waals surface area (Å²) in [4.78, 5) is 13.4. The van der Waals surface area contributed by atoms with Crippen LogP contribution in [0.1, 0.15) is 6.92 Å². The number of hydrogen-bond acceptors (Lipinski definition) is 3. The van der Waals surface area contributed by atoms with Crippen molar-refractivity contribution in [3.8, 4) is 0 Å². The molecule has 1 aromatic rings. The van der Waals surface area contributed by atoms with E-state index in [-0.39, 0.29) is 11.9 Å². The number of amides is 1. The number of para-hydroxylation sites is 1. The fourth-order valence-corrected chi connectivity index (χ4v) is 3.07. The minimum atomic E-state index is -0.240. The summed E-state index contributed by atoms with van der Waals surface area (Å²) < 4.78 is 0. The van der Waals surface area contributed by atoms with E-state index in [1.54, 1.807) is 11.8 Å². The zero-order valence-corrected chi connectivity index (χ0v) is 9.41. The van der Waals surface area contributed by atoms with Crippen molar-refractivity contribution in [2.75, 3.05) is 10.7 Å². The van der Waals surface area contributed by atoms with Gasteiger partial charge >= 0.3 is 0 Å². The second-order valence-electron chi connectivity index (χ2n) is 3.59. The Kier molecular flexibility index (Phi) is 2.86. The van der Waals surface area contributed by atoms with Crippen molar-refractivity contribution in [1.29, 1.82) is 0 Å². The molecular weight excluding hydrogens is 208 g/mol. The van der Waals surface area contributed by atoms with Gasteiger partial charge in [0.2, 0.25) is 5.91 Å². The first-order valence-corrected chi connectivity index (χ1v) is 5.99. The van der Waals surface area contributed by atoms with Crippen LogP contribution in [0.25, 0.3) is 0 Å². The van der Waals surface area contributed by atoms with Gasteiger partial charge in [-0.25, -0.2) is 0 Å². The van der Waals surface area contributed by atoms with Gasteiger partial charge in [0.15, 0.2) is 0 Å². The average molecular weight is 222 g/mol. The number of primary amides is 1. The van der Waals surface area contributed by atoms with Crippen LogP contribution in [0.4, 0.5) is 5.69 Å². The zero-order chi connectivity index (χ0) is 10.8. The Morgan fingerprint density at radius 2 is 2.13 bits per heavy atom. The molecule has 1 fully saturated rings. The molecule has 80 valence electrons. The van der Waals surface area contributed by atoms with E-state index in [9.17, 15) is 4.79 Å². The number of nitrogens with zero attached hydrogens (tertiary/aromatic N) is 1. The predicted molar refractivity (Wildman–Crippen MR) is 63.8 cm³/mol. The normalized spacial score (nSPS) is 25.5. The van der Waals surface area contributed by atoms with Gasteiger partial charge in [0, 0.05) is 11.4 Å². The van der Waals surface area contributed by atoms with Crippen LogP contribution < -0.4 is 10.6 Å². The highest BCUT2D eigenvalue weighted by Gasteiger charge is 2.34. The molecular formula is C11H14N2OS. The molecule has 1 aromatic carbocycles. The van der Waals surface area contributed by atoms with Crippen LogP contribution in [0.5, 0.6) is 0 Å². The van der Waals surface area contributed by atoms with Crippen molar-refractivity contribution < 1.29 is 4.79 Å². The van der Waals surface area contributed by atoms with Gasteiger partial charge in [-0.1, -0.05) is 18.2 Å². The lowest BCUT2D eigenvalue weighted by Crippen LogP contribution is -2.44. The van der Waals surface area contributed by atoms with Crippen molar-refractivity contribution in [1.82, 2.24) is 0 Å². The number of carbonyl (C=O) groups is 1. The van der Waals surface area contributed by atoms with Crippen molar-refractivity contribution in [3.05, 3.63) is 30.3 Å². The second-order valence-corrected chi connectivity index (χ2v) is 4.94. The van der Waals surface area contributed by atoms with Crippen LogP contribution in [-0.4, -0.2) is 23.1 Å². The zero-order valence-electron chi connectivity index (χ0n) is 8.59. The number of rotatable bonds is 2. The first kappa shape index (κ1) is 10.4. The molecule has 2 unspecified atom stereocenters. The highest BCUT2D eigenvalue weighted by atomic mass is 32.2. The molecule has 2 N–H and O–H groups in total. The largest absolute Gasteiger partial charge is 0.368 e. The van der Waals surface area contributed by atoms with Crippen LogP contribution in [0, 0.1) is 0 Å². The summed E-state index contributed by atoms with van der Waals surface area (Å²) in [6.45, 7) is 2.10. The molecule has 0 bridgehead atoms. The highest BCUT2D eigenvalue weighted by molar-refractivity contribution is 8.00. The molecule has 0 aliphatic carbocycles. The lowest BCUT2D eigenvalue weighted by molar-refractivity contribution is -0.118. The van der Waals surface area contributed by atoms with Gasteiger partial charge in [0.25, 0.3) is 0 Å². The van der Waals surface area contributed by atoms with Gasteiger partial charge in [0.05, 0.1) is 5.37 Å². The van der Waals surface area contributed by atoms with E-state index in [2.05, 4.69) is 11.8 Å². The smallest absolute Gasteiger partial charge is 0.241 e. The molecule has 0 aromatic heterocycles. The summed E-state index contributed by atoms with van der Waals surface area (Å²) in [5, 5.41) is 0.310. The van der Waals surface area contributed by atoms with Crippen LogP contribution >= 0.6 is 11.8 Å². The molecule has 1 aliphatic heterocycles. The van der Waals surface area contributed by atoms with Crippen LogP contribution in [0.15, 0.2) is 30.3 Å². The van der Waals surface area contributed by atoms with Crippen molar-refractivity contribution in [2.24, 2.45) is 5.73 Å². The van der Waals surface area contributed by atoms with E-state index in [1.807, 2.05) is 30.3 Å². The summed E-state index contributed by atoms with van der Waals surface area (Å²) >= 11 is 1.76. The molecule has 1 amide bonds. The Bertz CT molecular complexity index is 355. The molecule has 1 heterocycles. The van der Waals surface area contributed by atoms with E-state index in [0.717, 1.165) is 11.4 Å². The number of hydrogen-bond donors (Lipinski definition) is 1. The highest BCUT2D eigenvalue weighted by Crippen LogP contribution is 2.33. The Labute approximate surface area is 93.6 Å². The molecule has 2 rings (SSSR count). The number of anilines is 1. The Morgan fingerprint density at radius 1 is 1.47 bits per heavy atom. The van der Waals surface area contributed by atoms with Gasteiger partial charge in [0.1, 0.15) is 6.04 Å². The summed E-state index contributed by atoms with van der Waals surface area (Å²) in [5.74, 6) is 0.543. The maximum atomic E-state index is 11.3. The third-order valence-electron chi connectivity index (χ3n) is 2.61. The fourth-order valence-electron chi connectivity index (χ4n) is 1.85. The quantitative estimate of drug-likeness (QED) is 0.823. The van der Waals surface area contributed by atoms with Gasteiger partial charge < -0.3 is 10.6 Å². The Balaban J connectivity index is 2.29. The van der Waals surface area contributed by atoms with Gasteiger partial charge in [-0.15, -0.1) is 11.8 Å². The second kappa shape index (κ2) is 4.14. The maximum absolute atomic E-state index is 11.3. The molecule has 0 spiro atoms. The van der Waals surface area contributed by atoms with E-state index in [0.29, 0.717) is 5.37 Å². The molecule has 2 atom stereocenters. The fraction of sp³-hybridized carbons (Fsp3) is 0.364. The van der Waals surface area contributed by atoms with Crippen LogP contribution in [0.3, 0.4) is 0 Å². The van der Waals surface area contributed by atoms with Gasteiger partial charge in [-0.3, -0.25) is 4.79 Å². The van der Waals surface area contributed by atoms with E-state index in [1.165, 1.54) is 0 Å². The maximum Gasteiger partial charge on any atom is 0.241 e. The monoisotopic (exact) mass is 222 g/mol. The summed E-state index contributed by atoms with van der Waals surface area (Å²) in [5.41, 5.74) is 6.46. The van der Waals surface area contributed by atoms with Crippen LogP contribution in [0.2, 0.25) is 0 Å². The van der Waals surface area contributed by atoms with E-state index < -0.39 is 0 Å². The van der Waals surface area contributed by atoms with Crippen molar-refractivity contribution >= 4 is 23.4 Å². The first-order chi connectivity index (χ1) is 7.20. The molecule has 1 saturated heterocycles. The number of nitrogens with two attached hydrogens (primary N) is 1. The molecule has 0 radical (unpaired) electrons. The standard InChI is InChI=1S/C11H14N2OS/c1-8-13(9-5-3-2-4-6-9)10(7-15-8)11(12)14/h2-6,8,10H,7H2,1H3,(H2,12,14). The third-order valence-corrected chi connectivity index (χ3v) is 3.82. The van der Waals surface area contributed by atoms with E-state index >= 15 is 0 Å². The first-order valence-electron chi connectivity index (χ1n) is 4.94. The molecule has 3 nitrogen and oxygen atoms in total. The molecule has 4 heteroatoms. The number of carbonyl (C=O) groups excluding carboxylic acids is 1. The Hall–Kier alpha value is -1.16. The third kappa shape index (κ3) is 1.95. The average Bonchev–Trinajstić information content (AvgIpc) is 2.61. The van der Waals surface area contributed by atoms with Gasteiger partial charge in [-0.05, 0) is 19.1 Å². The molecule has 0 saturated carbocycles.